The van der Waals surface area contributed by atoms with Crippen molar-refractivity contribution in [1.29, 1.82) is 0 Å². The number of nitrogens with zero attached hydrogens (tertiary/aromatic N) is 2. The van der Waals surface area contributed by atoms with Crippen molar-refractivity contribution < 1.29 is 0 Å². The van der Waals surface area contributed by atoms with Gasteiger partial charge in [-0.05, 0) is 34.7 Å². The number of benzene rings is 4. The van der Waals surface area contributed by atoms with Crippen LogP contribution < -0.4 is 0 Å². The van der Waals surface area contributed by atoms with Crippen LogP contribution in [-0.4, -0.2) is 9.97 Å². The molecule has 29 heavy (non-hydrogen) atoms. The second-order valence-electron chi connectivity index (χ2n) is 7.45. The predicted molar refractivity (Wildman–Crippen MR) is 119 cm³/mol. The molecule has 2 nitrogen and oxygen atoms in total. The molecule has 1 aliphatic rings. The quantitative estimate of drug-likeness (QED) is 0.346. The van der Waals surface area contributed by atoms with E-state index in [1.165, 1.54) is 27.8 Å². The molecule has 0 amide bonds. The van der Waals surface area contributed by atoms with Gasteiger partial charge in [0.05, 0.1) is 11.2 Å². The summed E-state index contributed by atoms with van der Waals surface area (Å²) < 4.78 is 0. The van der Waals surface area contributed by atoms with Gasteiger partial charge in [0.15, 0.2) is 5.82 Å². The molecular formula is C27H18N2. The lowest BCUT2D eigenvalue weighted by molar-refractivity contribution is 1.22. The van der Waals surface area contributed by atoms with Gasteiger partial charge in [-0.15, -0.1) is 0 Å². The van der Waals surface area contributed by atoms with E-state index in [-0.39, 0.29) is 0 Å². The minimum absolute atomic E-state index is 0.767. The third-order valence-corrected chi connectivity index (χ3v) is 5.71. The van der Waals surface area contributed by atoms with Crippen LogP contribution in [0.25, 0.3) is 44.7 Å². The van der Waals surface area contributed by atoms with E-state index in [9.17, 15) is 0 Å². The van der Waals surface area contributed by atoms with Crippen LogP contribution >= 0.6 is 0 Å². The van der Waals surface area contributed by atoms with E-state index in [1.807, 2.05) is 24.3 Å². The van der Waals surface area contributed by atoms with Crippen molar-refractivity contribution in [3.63, 3.8) is 0 Å². The van der Waals surface area contributed by atoms with Crippen molar-refractivity contribution in [1.82, 2.24) is 9.97 Å². The molecule has 6 rings (SSSR count). The van der Waals surface area contributed by atoms with E-state index in [1.54, 1.807) is 0 Å². The highest BCUT2D eigenvalue weighted by molar-refractivity contribution is 5.99. The minimum Gasteiger partial charge on any atom is -0.228 e. The maximum absolute atomic E-state index is 5.08. The topological polar surface area (TPSA) is 25.8 Å². The number of rotatable bonds is 2. The fourth-order valence-electron chi connectivity index (χ4n) is 4.38. The van der Waals surface area contributed by atoms with Crippen LogP contribution in [0.4, 0.5) is 0 Å². The Morgan fingerprint density at radius 1 is 0.552 bits per heavy atom. The number of fused-ring (bicyclic) bond motifs is 4. The molecule has 1 aromatic heterocycles. The molecule has 136 valence electrons. The highest BCUT2D eigenvalue weighted by Gasteiger charge is 2.23. The number of para-hydroxylation sites is 1. The molecule has 0 saturated carbocycles. The molecule has 0 fully saturated rings. The van der Waals surface area contributed by atoms with Crippen molar-refractivity contribution in [2.45, 2.75) is 6.42 Å². The van der Waals surface area contributed by atoms with Crippen LogP contribution in [-0.2, 0) is 6.42 Å². The number of aromatic nitrogens is 2. The molecule has 4 aromatic carbocycles. The number of hydrogen-bond acceptors (Lipinski definition) is 2. The molecule has 0 atom stereocenters. The summed E-state index contributed by atoms with van der Waals surface area (Å²) in [6, 6.07) is 33.8. The van der Waals surface area contributed by atoms with Crippen LogP contribution in [0.15, 0.2) is 97.1 Å². The normalized spacial score (nSPS) is 12.0. The maximum atomic E-state index is 5.08. The zero-order valence-corrected chi connectivity index (χ0v) is 15.8. The fourth-order valence-corrected chi connectivity index (χ4v) is 4.38. The average Bonchev–Trinajstić information content (AvgIpc) is 3.18. The molecule has 1 heterocycles. The molecule has 2 heteroatoms. The van der Waals surface area contributed by atoms with Gasteiger partial charge in [-0.2, -0.15) is 0 Å². The Kier molecular flexibility index (Phi) is 3.57. The largest absolute Gasteiger partial charge is 0.228 e. The zero-order chi connectivity index (χ0) is 19.2. The van der Waals surface area contributed by atoms with Gasteiger partial charge in [0.1, 0.15) is 0 Å². The summed E-state index contributed by atoms with van der Waals surface area (Å²) in [6.07, 6.45) is 0.980. The molecular weight excluding hydrogens is 352 g/mol. The molecule has 0 aliphatic heterocycles. The van der Waals surface area contributed by atoms with Crippen molar-refractivity contribution in [2.24, 2.45) is 0 Å². The second-order valence-corrected chi connectivity index (χ2v) is 7.45. The highest BCUT2D eigenvalue weighted by Crippen LogP contribution is 2.43. The van der Waals surface area contributed by atoms with Gasteiger partial charge in [-0.1, -0.05) is 91.0 Å². The zero-order valence-electron chi connectivity index (χ0n) is 15.8. The van der Waals surface area contributed by atoms with E-state index < -0.39 is 0 Å². The Balaban J connectivity index is 1.68. The van der Waals surface area contributed by atoms with Crippen LogP contribution in [0.5, 0.6) is 0 Å². The Bertz CT molecular complexity index is 1370. The number of hydrogen-bond donors (Lipinski definition) is 0. The molecule has 0 unspecified atom stereocenters. The Hall–Kier alpha value is -3.78. The molecule has 0 spiro atoms. The second kappa shape index (κ2) is 6.39. The summed E-state index contributed by atoms with van der Waals surface area (Å²) in [7, 11) is 0. The summed E-state index contributed by atoms with van der Waals surface area (Å²) in [4.78, 5) is 9.94. The van der Waals surface area contributed by atoms with Crippen LogP contribution in [0.3, 0.4) is 0 Å². The van der Waals surface area contributed by atoms with Gasteiger partial charge < -0.3 is 0 Å². The summed E-state index contributed by atoms with van der Waals surface area (Å²) in [5, 5.41) is 1.09. The Morgan fingerprint density at radius 2 is 1.28 bits per heavy atom. The summed E-state index contributed by atoms with van der Waals surface area (Å²) in [5.41, 5.74) is 9.58. The van der Waals surface area contributed by atoms with Gasteiger partial charge in [0.25, 0.3) is 0 Å². The SMILES string of the molecule is c1ccc(-c2nc(-c3cccc4c3-c3ccccc3C4)c3ccccc3n2)cc1. The molecule has 0 radical (unpaired) electrons. The average molecular weight is 370 g/mol. The lowest BCUT2D eigenvalue weighted by Gasteiger charge is -2.13. The smallest absolute Gasteiger partial charge is 0.160 e. The Morgan fingerprint density at radius 3 is 2.21 bits per heavy atom. The molecule has 1 aliphatic carbocycles. The van der Waals surface area contributed by atoms with Crippen molar-refractivity contribution in [3.8, 4) is 33.8 Å². The molecule has 0 saturated heterocycles. The fraction of sp³-hybridized carbons (Fsp3) is 0.0370. The predicted octanol–water partition coefficient (Wildman–Crippen LogP) is 6.54. The lowest BCUT2D eigenvalue weighted by Crippen LogP contribution is -1.96. The van der Waals surface area contributed by atoms with E-state index in [0.29, 0.717) is 0 Å². The minimum atomic E-state index is 0.767. The first-order valence-corrected chi connectivity index (χ1v) is 9.91. The van der Waals surface area contributed by atoms with Gasteiger partial charge in [-0.25, -0.2) is 9.97 Å². The molecule has 5 aromatic rings. The van der Waals surface area contributed by atoms with Crippen LogP contribution in [0, 0.1) is 0 Å². The maximum Gasteiger partial charge on any atom is 0.160 e. The van der Waals surface area contributed by atoms with Crippen LogP contribution in [0.1, 0.15) is 11.1 Å². The van der Waals surface area contributed by atoms with E-state index in [2.05, 4.69) is 72.8 Å². The van der Waals surface area contributed by atoms with Crippen LogP contribution in [0.2, 0.25) is 0 Å². The first-order valence-electron chi connectivity index (χ1n) is 9.91. The van der Waals surface area contributed by atoms with Crippen molar-refractivity contribution in [2.75, 3.05) is 0 Å². The highest BCUT2D eigenvalue weighted by atomic mass is 14.9. The van der Waals surface area contributed by atoms with E-state index in [0.717, 1.165) is 34.4 Å². The first kappa shape index (κ1) is 16.2. The molecule has 0 N–H and O–H groups in total. The standard InChI is InChI=1S/C27H18N2/c1-2-9-18(10-3-1)27-28-24-16-7-6-14-22(24)26(29-27)23-15-8-12-20-17-19-11-4-5-13-21(19)25(20)23/h1-16H,17H2. The van der Waals surface area contributed by atoms with Crippen molar-refractivity contribution in [3.05, 3.63) is 108 Å². The lowest BCUT2D eigenvalue weighted by atomic mass is 9.95. The summed E-state index contributed by atoms with van der Waals surface area (Å²) >= 11 is 0. The van der Waals surface area contributed by atoms with E-state index in [4.69, 9.17) is 9.97 Å². The van der Waals surface area contributed by atoms with Gasteiger partial charge in [0, 0.05) is 16.5 Å². The van der Waals surface area contributed by atoms with Crippen molar-refractivity contribution >= 4 is 10.9 Å². The summed E-state index contributed by atoms with van der Waals surface area (Å²) in [5.74, 6) is 0.767. The monoisotopic (exact) mass is 370 g/mol. The van der Waals surface area contributed by atoms with Gasteiger partial charge in [-0.3, -0.25) is 0 Å². The molecule has 0 bridgehead atoms. The van der Waals surface area contributed by atoms with E-state index >= 15 is 0 Å². The van der Waals surface area contributed by atoms with Gasteiger partial charge >= 0.3 is 0 Å². The summed E-state index contributed by atoms with van der Waals surface area (Å²) in [6.45, 7) is 0. The third kappa shape index (κ3) is 2.57. The Labute approximate surface area is 169 Å². The first-order chi connectivity index (χ1) is 14.4. The van der Waals surface area contributed by atoms with Gasteiger partial charge in [0.2, 0.25) is 0 Å². The third-order valence-electron chi connectivity index (χ3n) is 5.71.